The number of aromatic carboxylic acids is 1. The Labute approximate surface area is 110 Å². The SMILES string of the molecule is CN(CCCCCO)C(=O)Cn1cc(C(=O)O)nn1. The van der Waals surface area contributed by atoms with Crippen LogP contribution in [0.25, 0.3) is 0 Å². The first-order valence-corrected chi connectivity index (χ1v) is 6.03. The van der Waals surface area contributed by atoms with Gasteiger partial charge in [-0.15, -0.1) is 5.10 Å². The molecular weight excluding hydrogens is 252 g/mol. The molecule has 1 aromatic rings. The summed E-state index contributed by atoms with van der Waals surface area (Å²) >= 11 is 0. The lowest BCUT2D eigenvalue weighted by molar-refractivity contribution is -0.130. The first kappa shape index (κ1) is 15.1. The van der Waals surface area contributed by atoms with Gasteiger partial charge in [-0.2, -0.15) is 0 Å². The number of carboxylic acids is 1. The van der Waals surface area contributed by atoms with Crippen LogP contribution in [0.15, 0.2) is 6.20 Å². The van der Waals surface area contributed by atoms with E-state index in [4.69, 9.17) is 10.2 Å². The lowest BCUT2D eigenvalue weighted by atomic mass is 10.2. The molecule has 8 nitrogen and oxygen atoms in total. The van der Waals surface area contributed by atoms with Crippen molar-refractivity contribution in [2.24, 2.45) is 0 Å². The molecule has 0 atom stereocenters. The fourth-order valence-electron chi connectivity index (χ4n) is 1.50. The summed E-state index contributed by atoms with van der Waals surface area (Å²) in [5.74, 6) is -1.33. The van der Waals surface area contributed by atoms with Gasteiger partial charge < -0.3 is 15.1 Å². The van der Waals surface area contributed by atoms with Gasteiger partial charge in [0.25, 0.3) is 0 Å². The lowest BCUT2D eigenvalue weighted by Gasteiger charge is -2.16. The quantitative estimate of drug-likeness (QED) is 0.622. The Morgan fingerprint density at radius 2 is 2.11 bits per heavy atom. The van der Waals surface area contributed by atoms with Crippen LogP contribution in [-0.2, 0) is 11.3 Å². The van der Waals surface area contributed by atoms with E-state index in [1.54, 1.807) is 11.9 Å². The number of amides is 1. The number of carboxylic acid groups (broad SMARTS) is 1. The van der Waals surface area contributed by atoms with Gasteiger partial charge in [0.15, 0.2) is 5.69 Å². The fourth-order valence-corrected chi connectivity index (χ4v) is 1.50. The largest absolute Gasteiger partial charge is 0.476 e. The second-order valence-corrected chi connectivity index (χ2v) is 4.21. The smallest absolute Gasteiger partial charge is 0.358 e. The van der Waals surface area contributed by atoms with Crippen molar-refractivity contribution in [2.75, 3.05) is 20.2 Å². The van der Waals surface area contributed by atoms with Crippen LogP contribution >= 0.6 is 0 Å². The molecular formula is C11H18N4O4. The third-order valence-electron chi connectivity index (χ3n) is 2.63. The molecule has 0 unspecified atom stereocenters. The number of carbonyl (C=O) groups is 2. The molecule has 8 heteroatoms. The second-order valence-electron chi connectivity index (χ2n) is 4.21. The summed E-state index contributed by atoms with van der Waals surface area (Å²) in [6.07, 6.45) is 3.63. The molecule has 0 aromatic carbocycles. The van der Waals surface area contributed by atoms with Crippen molar-refractivity contribution >= 4 is 11.9 Å². The Morgan fingerprint density at radius 1 is 1.37 bits per heavy atom. The zero-order chi connectivity index (χ0) is 14.3. The molecule has 2 N–H and O–H groups in total. The Kier molecular flexibility index (Phi) is 5.94. The molecule has 0 aliphatic heterocycles. The van der Waals surface area contributed by atoms with E-state index in [2.05, 4.69) is 10.3 Å². The normalized spacial score (nSPS) is 10.4. The molecule has 1 amide bonds. The van der Waals surface area contributed by atoms with Crippen molar-refractivity contribution in [1.29, 1.82) is 0 Å². The van der Waals surface area contributed by atoms with E-state index in [0.29, 0.717) is 6.54 Å². The van der Waals surface area contributed by atoms with Crippen molar-refractivity contribution in [1.82, 2.24) is 19.9 Å². The number of rotatable bonds is 8. The molecule has 1 heterocycles. The highest BCUT2D eigenvalue weighted by Crippen LogP contribution is 1.99. The average Bonchev–Trinajstić information content (AvgIpc) is 2.83. The predicted molar refractivity (Wildman–Crippen MR) is 65.6 cm³/mol. The molecule has 0 spiro atoms. The van der Waals surface area contributed by atoms with Crippen LogP contribution in [-0.4, -0.2) is 62.2 Å². The molecule has 1 rings (SSSR count). The Balaban J connectivity index is 2.38. The van der Waals surface area contributed by atoms with Crippen LogP contribution in [0, 0.1) is 0 Å². The number of hydrogen-bond donors (Lipinski definition) is 2. The maximum atomic E-state index is 11.8. The highest BCUT2D eigenvalue weighted by atomic mass is 16.4. The van der Waals surface area contributed by atoms with Crippen LogP contribution in [0.5, 0.6) is 0 Å². The van der Waals surface area contributed by atoms with E-state index >= 15 is 0 Å². The Morgan fingerprint density at radius 3 is 2.68 bits per heavy atom. The van der Waals surface area contributed by atoms with Gasteiger partial charge in [-0.25, -0.2) is 9.48 Å². The summed E-state index contributed by atoms with van der Waals surface area (Å²) in [5.41, 5.74) is -0.182. The van der Waals surface area contributed by atoms with Crippen molar-refractivity contribution in [2.45, 2.75) is 25.8 Å². The van der Waals surface area contributed by atoms with Gasteiger partial charge in [0, 0.05) is 20.2 Å². The second kappa shape index (κ2) is 7.47. The van der Waals surface area contributed by atoms with E-state index in [1.807, 2.05) is 0 Å². The van der Waals surface area contributed by atoms with E-state index < -0.39 is 5.97 Å². The van der Waals surface area contributed by atoms with Crippen LogP contribution in [0.3, 0.4) is 0 Å². The number of aliphatic hydroxyl groups is 1. The topological polar surface area (TPSA) is 109 Å². The van der Waals surface area contributed by atoms with E-state index in [0.717, 1.165) is 19.3 Å². The number of aromatic nitrogens is 3. The van der Waals surface area contributed by atoms with Gasteiger partial charge in [-0.3, -0.25) is 4.79 Å². The number of carbonyl (C=O) groups excluding carboxylic acids is 1. The highest BCUT2D eigenvalue weighted by Gasteiger charge is 2.13. The molecule has 0 fully saturated rings. The third kappa shape index (κ3) is 5.04. The van der Waals surface area contributed by atoms with E-state index in [1.165, 1.54) is 10.9 Å². The van der Waals surface area contributed by atoms with Gasteiger partial charge in [0.1, 0.15) is 6.54 Å². The molecule has 106 valence electrons. The molecule has 0 bridgehead atoms. The van der Waals surface area contributed by atoms with Crippen LogP contribution in [0.2, 0.25) is 0 Å². The molecule has 0 aliphatic rings. The number of nitrogens with zero attached hydrogens (tertiary/aromatic N) is 4. The van der Waals surface area contributed by atoms with Crippen molar-refractivity contribution < 1.29 is 19.8 Å². The minimum Gasteiger partial charge on any atom is -0.476 e. The highest BCUT2D eigenvalue weighted by molar-refractivity contribution is 5.84. The first-order valence-electron chi connectivity index (χ1n) is 6.03. The Bertz CT molecular complexity index is 432. The van der Waals surface area contributed by atoms with Crippen molar-refractivity contribution in [3.8, 4) is 0 Å². The number of likely N-dealkylation sites (N-methyl/N-ethyl adjacent to an activating group) is 1. The van der Waals surface area contributed by atoms with Crippen LogP contribution in [0.4, 0.5) is 0 Å². The first-order chi connectivity index (χ1) is 9.04. The number of aliphatic hydroxyl groups excluding tert-OH is 1. The predicted octanol–water partition coefficient (Wildman–Crippen LogP) is -0.403. The summed E-state index contributed by atoms with van der Waals surface area (Å²) in [5, 5.41) is 24.3. The number of unbranched alkanes of at least 4 members (excludes halogenated alkanes) is 2. The van der Waals surface area contributed by atoms with Crippen molar-refractivity contribution in [3.63, 3.8) is 0 Å². The summed E-state index contributed by atoms with van der Waals surface area (Å²) < 4.78 is 1.20. The average molecular weight is 270 g/mol. The van der Waals surface area contributed by atoms with Crippen LogP contribution < -0.4 is 0 Å². The monoisotopic (exact) mass is 270 g/mol. The lowest BCUT2D eigenvalue weighted by Crippen LogP contribution is -2.31. The summed E-state index contributed by atoms with van der Waals surface area (Å²) in [4.78, 5) is 24.0. The van der Waals surface area contributed by atoms with Crippen LogP contribution in [0.1, 0.15) is 29.8 Å². The molecule has 0 saturated heterocycles. The zero-order valence-electron chi connectivity index (χ0n) is 10.8. The summed E-state index contributed by atoms with van der Waals surface area (Å²) in [6.45, 7) is 0.727. The molecule has 0 radical (unpaired) electrons. The van der Waals surface area contributed by atoms with E-state index in [9.17, 15) is 9.59 Å². The molecule has 1 aromatic heterocycles. The zero-order valence-corrected chi connectivity index (χ0v) is 10.8. The number of hydrogen-bond acceptors (Lipinski definition) is 5. The molecule has 0 aliphatic carbocycles. The maximum absolute atomic E-state index is 11.8. The van der Waals surface area contributed by atoms with Gasteiger partial charge in [0.2, 0.25) is 5.91 Å². The third-order valence-corrected chi connectivity index (χ3v) is 2.63. The summed E-state index contributed by atoms with van der Waals surface area (Å²) in [7, 11) is 1.68. The van der Waals surface area contributed by atoms with Gasteiger partial charge >= 0.3 is 5.97 Å². The Hall–Kier alpha value is -1.96. The molecule has 19 heavy (non-hydrogen) atoms. The summed E-state index contributed by atoms with van der Waals surface area (Å²) in [6, 6.07) is 0. The van der Waals surface area contributed by atoms with Gasteiger partial charge in [-0.05, 0) is 19.3 Å². The van der Waals surface area contributed by atoms with Crippen molar-refractivity contribution in [3.05, 3.63) is 11.9 Å². The minimum atomic E-state index is -1.17. The fraction of sp³-hybridized carbons (Fsp3) is 0.636. The van der Waals surface area contributed by atoms with Gasteiger partial charge in [-0.1, -0.05) is 5.21 Å². The van der Waals surface area contributed by atoms with Gasteiger partial charge in [0.05, 0.1) is 6.20 Å². The maximum Gasteiger partial charge on any atom is 0.358 e. The standard InChI is InChI=1S/C11H18N4O4/c1-14(5-3-2-4-6-16)10(17)8-15-7-9(11(18)19)12-13-15/h7,16H,2-6,8H2,1H3,(H,18,19). The van der Waals surface area contributed by atoms with E-state index in [-0.39, 0.29) is 24.8 Å². The minimum absolute atomic E-state index is 0.0310. The molecule has 0 saturated carbocycles.